The molecule has 2 fully saturated rings. The SMILES string of the molecule is C[C@@H]1CN(c2ccc(C(=O)NS(=O)(=O)c3ccc(NCC4CCOCC4)c([N+](=O)[O-])c3)c(Oc3cnc4[nH]ccc4c3)c2)[C@H](C)CN1CC1=C(c2ccc(Cl)cc2)CC(C)(C)CC1. The molecule has 2 saturated heterocycles. The van der Waals surface area contributed by atoms with Gasteiger partial charge < -0.3 is 24.7 Å². The lowest BCUT2D eigenvalue weighted by atomic mass is 9.72. The maximum Gasteiger partial charge on any atom is 0.293 e. The molecule has 0 radical (unpaired) electrons. The number of aromatic nitrogens is 2. The van der Waals surface area contributed by atoms with E-state index in [4.69, 9.17) is 21.1 Å². The molecule has 8 rings (SSSR count). The van der Waals surface area contributed by atoms with Gasteiger partial charge in [-0.3, -0.25) is 19.8 Å². The van der Waals surface area contributed by atoms with Gasteiger partial charge in [-0.1, -0.05) is 43.2 Å². The molecule has 3 aliphatic rings. The summed E-state index contributed by atoms with van der Waals surface area (Å²) in [4.78, 5) is 37.4. The first-order chi connectivity index (χ1) is 30.1. The Morgan fingerprint density at radius 3 is 2.57 bits per heavy atom. The lowest BCUT2D eigenvalue weighted by molar-refractivity contribution is -0.384. The fourth-order valence-electron chi connectivity index (χ4n) is 8.97. The van der Waals surface area contributed by atoms with Crippen LogP contribution >= 0.6 is 11.6 Å². The molecule has 63 heavy (non-hydrogen) atoms. The summed E-state index contributed by atoms with van der Waals surface area (Å²) in [7, 11) is -4.57. The fourth-order valence-corrected chi connectivity index (χ4v) is 10.1. The molecule has 1 aliphatic carbocycles. The number of benzene rings is 3. The number of aromatic amines is 1. The molecule has 2 atom stereocenters. The van der Waals surface area contributed by atoms with Gasteiger partial charge in [-0.2, -0.15) is 0 Å². The number of nitro benzene ring substituents is 1. The molecule has 1 amide bonds. The molecule has 0 bridgehead atoms. The second-order valence-electron chi connectivity index (χ2n) is 17.9. The molecule has 0 spiro atoms. The van der Waals surface area contributed by atoms with Gasteiger partial charge in [-0.05, 0) is 117 Å². The fraction of sp³-hybridized carbons (Fsp3) is 0.404. The molecule has 332 valence electrons. The van der Waals surface area contributed by atoms with E-state index in [-0.39, 0.29) is 40.4 Å². The summed E-state index contributed by atoms with van der Waals surface area (Å²) in [5, 5.41) is 16.7. The van der Waals surface area contributed by atoms with Gasteiger partial charge in [-0.15, -0.1) is 0 Å². The van der Waals surface area contributed by atoms with Crippen molar-refractivity contribution in [3.05, 3.63) is 117 Å². The number of fused-ring (bicyclic) bond motifs is 1. The molecule has 2 aromatic heterocycles. The summed E-state index contributed by atoms with van der Waals surface area (Å²) in [5.41, 5.74) is 5.51. The Bertz CT molecular complexity index is 2640. The lowest BCUT2D eigenvalue weighted by Crippen LogP contribution is -2.57. The van der Waals surface area contributed by atoms with Crippen molar-refractivity contribution in [2.45, 2.75) is 76.8 Å². The summed E-state index contributed by atoms with van der Waals surface area (Å²) in [6, 6.07) is 20.8. The summed E-state index contributed by atoms with van der Waals surface area (Å²) < 4.78 is 41.4. The van der Waals surface area contributed by atoms with Crippen molar-refractivity contribution in [1.82, 2.24) is 19.6 Å². The lowest BCUT2D eigenvalue weighted by Gasteiger charge is -2.46. The van der Waals surface area contributed by atoms with E-state index in [1.54, 1.807) is 30.5 Å². The number of nitro groups is 1. The van der Waals surface area contributed by atoms with Crippen LogP contribution in [0.5, 0.6) is 11.5 Å². The number of halogens is 1. The maximum absolute atomic E-state index is 14.0. The normalized spacial score (nSPS) is 19.9. The molecule has 3 N–H and O–H groups in total. The van der Waals surface area contributed by atoms with E-state index in [0.717, 1.165) is 67.4 Å². The van der Waals surface area contributed by atoms with E-state index in [2.05, 4.69) is 69.6 Å². The zero-order chi connectivity index (χ0) is 44.5. The van der Waals surface area contributed by atoms with E-state index in [9.17, 15) is 23.3 Å². The molecule has 14 nitrogen and oxygen atoms in total. The minimum absolute atomic E-state index is 0.0398. The summed E-state index contributed by atoms with van der Waals surface area (Å²) >= 11 is 6.27. The maximum atomic E-state index is 14.0. The average Bonchev–Trinajstić information content (AvgIpc) is 3.73. The van der Waals surface area contributed by atoms with Crippen LogP contribution in [-0.2, 0) is 14.8 Å². The Hall–Kier alpha value is -5.48. The van der Waals surface area contributed by atoms with Crippen LogP contribution in [0.4, 0.5) is 17.1 Å². The third-order valence-electron chi connectivity index (χ3n) is 12.7. The first-order valence-electron chi connectivity index (χ1n) is 21.5. The Labute approximate surface area is 373 Å². The van der Waals surface area contributed by atoms with Crippen molar-refractivity contribution in [2.75, 3.05) is 49.6 Å². The summed E-state index contributed by atoms with van der Waals surface area (Å²) in [6.07, 6.45) is 8.10. The molecule has 3 aromatic carbocycles. The van der Waals surface area contributed by atoms with Crippen LogP contribution in [0.25, 0.3) is 16.6 Å². The Morgan fingerprint density at radius 1 is 1.03 bits per heavy atom. The third kappa shape index (κ3) is 10.2. The highest BCUT2D eigenvalue weighted by Crippen LogP contribution is 2.44. The monoisotopic (exact) mass is 895 g/mol. The van der Waals surface area contributed by atoms with E-state index in [1.807, 2.05) is 18.2 Å². The Balaban J connectivity index is 1.04. The number of ether oxygens (including phenoxy) is 2. The predicted octanol–water partition coefficient (Wildman–Crippen LogP) is 9.44. The summed E-state index contributed by atoms with van der Waals surface area (Å²) in [5.74, 6) is -0.210. The number of allylic oxidation sites excluding steroid dienone is 1. The van der Waals surface area contributed by atoms with Crippen LogP contribution in [0, 0.1) is 21.4 Å². The van der Waals surface area contributed by atoms with Gasteiger partial charge in [0.15, 0.2) is 0 Å². The van der Waals surface area contributed by atoms with Crippen molar-refractivity contribution in [2.24, 2.45) is 11.3 Å². The predicted molar refractivity (Wildman–Crippen MR) is 246 cm³/mol. The Kier molecular flexibility index (Phi) is 12.8. The number of carbonyl (C=O) groups excluding carboxylic acids is 1. The number of anilines is 2. The van der Waals surface area contributed by atoms with Crippen LogP contribution in [0.15, 0.2) is 95.7 Å². The van der Waals surface area contributed by atoms with Crippen LogP contribution in [0.3, 0.4) is 0 Å². The number of nitrogens with zero attached hydrogens (tertiary/aromatic N) is 4. The molecular formula is C47H54ClN7O7S. The molecule has 16 heteroatoms. The number of H-pyrrole nitrogens is 1. The number of pyridine rings is 1. The zero-order valence-electron chi connectivity index (χ0n) is 36.0. The largest absolute Gasteiger partial charge is 0.455 e. The van der Waals surface area contributed by atoms with Gasteiger partial charge >= 0.3 is 0 Å². The minimum Gasteiger partial charge on any atom is -0.455 e. The topological polar surface area (TPSA) is 172 Å². The minimum atomic E-state index is -4.57. The number of piperazine rings is 1. The molecule has 4 heterocycles. The van der Waals surface area contributed by atoms with Crippen LogP contribution in [-0.4, -0.2) is 85.6 Å². The summed E-state index contributed by atoms with van der Waals surface area (Å²) in [6.45, 7) is 13.2. The quantitative estimate of drug-likeness (QED) is 0.0760. The van der Waals surface area contributed by atoms with Crippen LogP contribution in [0.2, 0.25) is 5.02 Å². The smallest absolute Gasteiger partial charge is 0.293 e. The Morgan fingerprint density at radius 2 is 1.81 bits per heavy atom. The van der Waals surface area contributed by atoms with Gasteiger partial charge in [0, 0.05) is 85.9 Å². The molecule has 0 saturated carbocycles. The number of hydrogen-bond donors (Lipinski definition) is 3. The van der Waals surface area contributed by atoms with Crippen LogP contribution in [0.1, 0.15) is 75.7 Å². The zero-order valence-corrected chi connectivity index (χ0v) is 37.6. The van der Waals surface area contributed by atoms with Gasteiger partial charge in [0.2, 0.25) is 0 Å². The number of hydrogen-bond acceptors (Lipinski definition) is 11. The third-order valence-corrected chi connectivity index (χ3v) is 14.2. The van der Waals surface area contributed by atoms with Gasteiger partial charge in [0.25, 0.3) is 21.6 Å². The van der Waals surface area contributed by atoms with E-state index in [1.165, 1.54) is 35.0 Å². The van der Waals surface area contributed by atoms with Crippen molar-refractivity contribution in [1.29, 1.82) is 0 Å². The van der Waals surface area contributed by atoms with Gasteiger partial charge in [-0.25, -0.2) is 18.1 Å². The number of amides is 1. The van der Waals surface area contributed by atoms with E-state index in [0.29, 0.717) is 37.7 Å². The highest BCUT2D eigenvalue weighted by molar-refractivity contribution is 7.90. The van der Waals surface area contributed by atoms with E-state index >= 15 is 0 Å². The standard InChI is InChI=1S/C47H54ClN7O7S/c1-30-28-54(31(2)27-53(30)29-35-13-17-47(3,4)24-41(35)33-5-7-36(48)8-6-33)37-9-11-40(44(22-37)62-38-21-34-14-18-49-45(34)51-26-38)46(56)52-63(59,60)39-10-12-42(43(23-39)55(57)58)50-25-32-15-19-61-20-16-32/h5-12,14,18,21-23,26,30-32,50H,13,15-17,19-20,24-25,27-29H2,1-4H3,(H,49,51)(H,52,56)/t30-,31-/m1/s1. The molecule has 5 aromatic rings. The second kappa shape index (κ2) is 18.3. The second-order valence-corrected chi connectivity index (χ2v) is 20.0. The van der Waals surface area contributed by atoms with E-state index < -0.39 is 31.4 Å². The highest BCUT2D eigenvalue weighted by Gasteiger charge is 2.34. The van der Waals surface area contributed by atoms with Gasteiger partial charge in [0.1, 0.15) is 22.8 Å². The first kappa shape index (κ1) is 44.1. The van der Waals surface area contributed by atoms with Crippen molar-refractivity contribution in [3.63, 3.8) is 0 Å². The molecule has 2 aliphatic heterocycles. The molecular weight excluding hydrogens is 842 g/mol. The molecule has 0 unspecified atom stereocenters. The van der Waals surface area contributed by atoms with Crippen molar-refractivity contribution in [3.8, 4) is 11.5 Å². The van der Waals surface area contributed by atoms with Crippen molar-refractivity contribution < 1.29 is 27.6 Å². The van der Waals surface area contributed by atoms with Gasteiger partial charge in [0.05, 0.1) is 21.6 Å². The van der Waals surface area contributed by atoms with Crippen LogP contribution < -0.4 is 19.7 Å². The number of carbonyl (C=O) groups is 1. The van der Waals surface area contributed by atoms with Crippen molar-refractivity contribution >= 4 is 61.2 Å². The number of sulfonamides is 1. The number of nitrogens with one attached hydrogen (secondary N) is 3. The highest BCUT2D eigenvalue weighted by atomic mass is 35.5. The first-order valence-corrected chi connectivity index (χ1v) is 23.4. The number of rotatable bonds is 13. The average molecular weight is 897 g/mol.